The van der Waals surface area contributed by atoms with Gasteiger partial charge in [-0.1, -0.05) is 72.5 Å². The number of nitrogens with two attached hydrogens (primary N) is 1. The van der Waals surface area contributed by atoms with E-state index in [1.807, 2.05) is 84.9 Å². The zero-order valence-electron chi connectivity index (χ0n) is 13.7. The third kappa shape index (κ3) is 4.27. The van der Waals surface area contributed by atoms with Crippen molar-refractivity contribution in [1.82, 2.24) is 0 Å². The van der Waals surface area contributed by atoms with Crippen LogP contribution in [0.1, 0.15) is 16.7 Å². The number of rotatable bonds is 4. The summed E-state index contributed by atoms with van der Waals surface area (Å²) in [6.07, 6.45) is 0. The van der Waals surface area contributed by atoms with E-state index >= 15 is 0 Å². The molecule has 3 nitrogen and oxygen atoms in total. The minimum absolute atomic E-state index is 0.290. The number of nitrogens with zero attached hydrogens (tertiary/aromatic N) is 1. The van der Waals surface area contributed by atoms with Gasteiger partial charge >= 0.3 is 0 Å². The first-order valence-corrected chi connectivity index (χ1v) is 7.98. The molecule has 0 saturated heterocycles. The van der Waals surface area contributed by atoms with Crippen molar-refractivity contribution < 1.29 is 4.74 Å². The van der Waals surface area contributed by atoms with Crippen molar-refractivity contribution in [3.05, 3.63) is 102 Å². The predicted molar refractivity (Wildman–Crippen MR) is 102 cm³/mol. The van der Waals surface area contributed by atoms with Gasteiger partial charge in [0.05, 0.1) is 0 Å². The first-order valence-electron chi connectivity index (χ1n) is 7.98. The number of hydrogen-bond donors (Lipinski definition) is 1. The van der Waals surface area contributed by atoms with E-state index in [-0.39, 0.29) is 0 Å². The average molecular weight is 326 g/mol. The molecule has 0 radical (unpaired) electrons. The second-order valence-electron chi connectivity index (χ2n) is 5.30. The molecule has 0 saturated carbocycles. The zero-order chi connectivity index (χ0) is 17.3. The van der Waals surface area contributed by atoms with Gasteiger partial charge < -0.3 is 10.6 Å². The number of benzene rings is 3. The van der Waals surface area contributed by atoms with E-state index in [9.17, 15) is 0 Å². The van der Waals surface area contributed by atoms with E-state index < -0.39 is 0 Å². The number of hydrogen-bond acceptors (Lipinski definition) is 3. The quantitative estimate of drug-likeness (QED) is 0.343. The van der Waals surface area contributed by atoms with Gasteiger partial charge in [0, 0.05) is 16.7 Å². The topological polar surface area (TPSA) is 47.6 Å². The molecule has 0 atom stereocenters. The zero-order valence-corrected chi connectivity index (χ0v) is 13.7. The maximum atomic E-state index is 5.85. The van der Waals surface area contributed by atoms with Gasteiger partial charge in [0.2, 0.25) is 0 Å². The molecule has 2 N–H and O–H groups in total. The maximum absolute atomic E-state index is 5.85. The second kappa shape index (κ2) is 8.37. The van der Waals surface area contributed by atoms with Gasteiger partial charge in [-0.05, 0) is 24.3 Å². The minimum atomic E-state index is 0.290. The monoisotopic (exact) mass is 326 g/mol. The molecular formula is C22H18N2O. The summed E-state index contributed by atoms with van der Waals surface area (Å²) in [5.41, 5.74) is 3.44. The molecule has 0 bridgehead atoms. The van der Waals surface area contributed by atoms with Gasteiger partial charge in [-0.2, -0.15) is 5.10 Å². The molecule has 122 valence electrons. The van der Waals surface area contributed by atoms with Crippen LogP contribution in [-0.2, 0) is 0 Å². The molecule has 0 heterocycles. The fourth-order valence-corrected chi connectivity index (χ4v) is 2.46. The van der Waals surface area contributed by atoms with Crippen molar-refractivity contribution >= 4 is 5.71 Å². The Morgan fingerprint density at radius 3 is 2.20 bits per heavy atom. The van der Waals surface area contributed by atoms with Crippen molar-refractivity contribution in [2.75, 3.05) is 6.61 Å². The van der Waals surface area contributed by atoms with E-state index in [0.29, 0.717) is 18.1 Å². The number of para-hydroxylation sites is 1. The Hall–Kier alpha value is -3.51. The van der Waals surface area contributed by atoms with Gasteiger partial charge in [-0.25, -0.2) is 0 Å². The lowest BCUT2D eigenvalue weighted by Gasteiger charge is -2.11. The molecule has 0 fully saturated rings. The van der Waals surface area contributed by atoms with Gasteiger partial charge in [-0.15, -0.1) is 0 Å². The highest BCUT2D eigenvalue weighted by Crippen LogP contribution is 2.22. The SMILES string of the molecule is N/N=C(\c1ccccc1)c1ccccc1OCC#Cc1ccccc1. The summed E-state index contributed by atoms with van der Waals surface area (Å²) in [6.45, 7) is 0.290. The fourth-order valence-electron chi connectivity index (χ4n) is 2.46. The normalized spacial score (nSPS) is 10.6. The Balaban J connectivity index is 1.79. The summed E-state index contributed by atoms with van der Waals surface area (Å²) in [7, 11) is 0. The summed E-state index contributed by atoms with van der Waals surface area (Å²) in [6, 6.07) is 27.3. The third-order valence-electron chi connectivity index (χ3n) is 3.62. The molecule has 0 aromatic heterocycles. The van der Waals surface area contributed by atoms with Crippen LogP contribution in [0.4, 0.5) is 0 Å². The molecule has 0 amide bonds. The van der Waals surface area contributed by atoms with Crippen LogP contribution in [0.15, 0.2) is 90.0 Å². The predicted octanol–water partition coefficient (Wildman–Crippen LogP) is 3.83. The third-order valence-corrected chi connectivity index (χ3v) is 3.62. The molecule has 3 rings (SSSR count). The Bertz CT molecular complexity index is 907. The molecule has 0 spiro atoms. The van der Waals surface area contributed by atoms with E-state index in [2.05, 4.69) is 16.9 Å². The van der Waals surface area contributed by atoms with Gasteiger partial charge in [0.1, 0.15) is 18.1 Å². The standard InChI is InChI=1S/C22H18N2O/c23-24-22(19-13-5-2-6-14-19)20-15-7-8-16-21(20)25-17-9-12-18-10-3-1-4-11-18/h1-8,10-11,13-16H,17,23H2/b24-22+. The van der Waals surface area contributed by atoms with Crippen molar-refractivity contribution in [2.45, 2.75) is 0 Å². The largest absolute Gasteiger partial charge is 0.480 e. The summed E-state index contributed by atoms with van der Waals surface area (Å²) in [4.78, 5) is 0. The molecule has 0 unspecified atom stereocenters. The first kappa shape index (κ1) is 16.4. The minimum Gasteiger partial charge on any atom is -0.480 e. The van der Waals surface area contributed by atoms with Gasteiger partial charge in [-0.3, -0.25) is 0 Å². The molecule has 0 aliphatic rings. The summed E-state index contributed by atoms with van der Waals surface area (Å²) in [5, 5.41) is 3.97. The smallest absolute Gasteiger partial charge is 0.149 e. The van der Waals surface area contributed by atoms with E-state index in [0.717, 1.165) is 16.7 Å². The van der Waals surface area contributed by atoms with Crippen LogP contribution in [0.25, 0.3) is 0 Å². The van der Waals surface area contributed by atoms with Crippen molar-refractivity contribution in [3.8, 4) is 17.6 Å². The fraction of sp³-hybridized carbons (Fsp3) is 0.0455. The molecule has 25 heavy (non-hydrogen) atoms. The molecule has 0 aliphatic carbocycles. The lowest BCUT2D eigenvalue weighted by Crippen LogP contribution is -2.09. The van der Waals surface area contributed by atoms with Crippen LogP contribution in [0.5, 0.6) is 5.75 Å². The lowest BCUT2D eigenvalue weighted by atomic mass is 10.0. The highest BCUT2D eigenvalue weighted by molar-refractivity contribution is 6.14. The van der Waals surface area contributed by atoms with Crippen LogP contribution >= 0.6 is 0 Å². The number of hydrazone groups is 1. The van der Waals surface area contributed by atoms with Crippen LogP contribution < -0.4 is 10.6 Å². The summed E-state index contributed by atoms with van der Waals surface area (Å²) >= 11 is 0. The highest BCUT2D eigenvalue weighted by Gasteiger charge is 2.11. The Morgan fingerprint density at radius 2 is 1.48 bits per heavy atom. The average Bonchev–Trinajstić information content (AvgIpc) is 2.68. The van der Waals surface area contributed by atoms with Gasteiger partial charge in [0.15, 0.2) is 0 Å². The highest BCUT2D eigenvalue weighted by atomic mass is 16.5. The van der Waals surface area contributed by atoms with Crippen LogP contribution in [-0.4, -0.2) is 12.3 Å². The Kier molecular flexibility index (Phi) is 5.48. The second-order valence-corrected chi connectivity index (χ2v) is 5.30. The van der Waals surface area contributed by atoms with Crippen molar-refractivity contribution in [1.29, 1.82) is 0 Å². The lowest BCUT2D eigenvalue weighted by molar-refractivity contribution is 0.369. The Morgan fingerprint density at radius 1 is 0.840 bits per heavy atom. The molecule has 0 aliphatic heterocycles. The van der Waals surface area contributed by atoms with Crippen molar-refractivity contribution in [3.63, 3.8) is 0 Å². The summed E-state index contributed by atoms with van der Waals surface area (Å²) in [5.74, 6) is 12.5. The Labute approximate surface area is 147 Å². The van der Waals surface area contributed by atoms with Gasteiger partial charge in [0.25, 0.3) is 0 Å². The van der Waals surface area contributed by atoms with E-state index in [1.165, 1.54) is 0 Å². The maximum Gasteiger partial charge on any atom is 0.149 e. The number of ether oxygens (including phenoxy) is 1. The van der Waals surface area contributed by atoms with Crippen LogP contribution in [0.2, 0.25) is 0 Å². The van der Waals surface area contributed by atoms with Crippen LogP contribution in [0.3, 0.4) is 0 Å². The van der Waals surface area contributed by atoms with E-state index in [4.69, 9.17) is 10.6 Å². The molecule has 3 aromatic carbocycles. The van der Waals surface area contributed by atoms with Crippen LogP contribution in [0, 0.1) is 11.8 Å². The molecule has 3 aromatic rings. The van der Waals surface area contributed by atoms with E-state index in [1.54, 1.807) is 0 Å². The first-order chi connectivity index (χ1) is 12.4. The molecule has 3 heteroatoms. The van der Waals surface area contributed by atoms with Crippen molar-refractivity contribution in [2.24, 2.45) is 10.9 Å². The molecular weight excluding hydrogens is 308 g/mol. The summed E-state index contributed by atoms with van der Waals surface area (Å²) < 4.78 is 5.85.